The van der Waals surface area contributed by atoms with Crippen LogP contribution in [0.3, 0.4) is 0 Å². The van der Waals surface area contributed by atoms with Gasteiger partial charge in [-0.3, -0.25) is 9.59 Å². The molecule has 7 heteroatoms. The molecule has 1 unspecified atom stereocenters. The smallest absolute Gasteiger partial charge is 0.306 e. The molecule has 0 bridgehead atoms. The second kappa shape index (κ2) is 6.23. The number of ether oxygens (including phenoxy) is 1. The van der Waals surface area contributed by atoms with Crippen molar-refractivity contribution in [3.8, 4) is 0 Å². The molecule has 1 atom stereocenters. The van der Waals surface area contributed by atoms with Gasteiger partial charge in [0, 0.05) is 23.2 Å². The topological polar surface area (TPSA) is 92.9 Å². The number of primary amides is 1. The number of aliphatic carboxylic acids is 1. The maximum absolute atomic E-state index is 11.2. The second-order valence-electron chi connectivity index (χ2n) is 4.57. The minimum Gasteiger partial charge on any atom is -0.481 e. The highest BCUT2D eigenvalue weighted by molar-refractivity contribution is 9.10. The van der Waals surface area contributed by atoms with Crippen molar-refractivity contribution in [3.63, 3.8) is 0 Å². The van der Waals surface area contributed by atoms with E-state index in [1.165, 1.54) is 0 Å². The van der Waals surface area contributed by atoms with Gasteiger partial charge in [-0.1, -0.05) is 0 Å². The van der Waals surface area contributed by atoms with Crippen LogP contribution < -0.4 is 10.6 Å². The zero-order valence-corrected chi connectivity index (χ0v) is 12.3. The number of rotatable bonds is 4. The van der Waals surface area contributed by atoms with E-state index in [9.17, 15) is 9.59 Å². The quantitative estimate of drug-likeness (QED) is 0.858. The number of halogens is 1. The van der Waals surface area contributed by atoms with Crippen molar-refractivity contribution >= 4 is 33.5 Å². The van der Waals surface area contributed by atoms with Crippen molar-refractivity contribution in [2.45, 2.75) is 12.5 Å². The summed E-state index contributed by atoms with van der Waals surface area (Å²) in [4.78, 5) is 23.9. The van der Waals surface area contributed by atoms with E-state index in [0.717, 1.165) is 5.69 Å². The van der Waals surface area contributed by atoms with E-state index in [1.807, 2.05) is 11.0 Å². The highest BCUT2D eigenvalue weighted by atomic mass is 79.9. The highest BCUT2D eigenvalue weighted by Crippen LogP contribution is 2.25. The fourth-order valence-electron chi connectivity index (χ4n) is 2.17. The number of anilines is 1. The lowest BCUT2D eigenvalue weighted by molar-refractivity contribution is -0.140. The maximum atomic E-state index is 11.2. The van der Waals surface area contributed by atoms with Crippen LogP contribution in [0.25, 0.3) is 0 Å². The molecule has 0 radical (unpaired) electrons. The van der Waals surface area contributed by atoms with Crippen molar-refractivity contribution in [2.24, 2.45) is 5.73 Å². The fraction of sp³-hybridized carbons (Fsp3) is 0.385. The van der Waals surface area contributed by atoms with Crippen molar-refractivity contribution in [2.75, 3.05) is 24.6 Å². The minimum atomic E-state index is -0.873. The molecule has 20 heavy (non-hydrogen) atoms. The molecule has 0 aromatic heterocycles. The molecular formula is C13H15BrN2O4. The average molecular weight is 343 g/mol. The van der Waals surface area contributed by atoms with Crippen molar-refractivity contribution in [1.29, 1.82) is 0 Å². The van der Waals surface area contributed by atoms with Gasteiger partial charge in [-0.25, -0.2) is 0 Å². The number of carboxylic acids is 1. The molecule has 0 spiro atoms. The summed E-state index contributed by atoms with van der Waals surface area (Å²) in [5.74, 6) is -1.36. The van der Waals surface area contributed by atoms with Gasteiger partial charge >= 0.3 is 5.97 Å². The van der Waals surface area contributed by atoms with Gasteiger partial charge in [-0.05, 0) is 34.1 Å². The summed E-state index contributed by atoms with van der Waals surface area (Å²) in [6.45, 7) is 1.67. The molecule has 108 valence electrons. The summed E-state index contributed by atoms with van der Waals surface area (Å²) in [6, 6.07) is 5.26. The van der Waals surface area contributed by atoms with Crippen LogP contribution in [0.15, 0.2) is 22.7 Å². The largest absolute Gasteiger partial charge is 0.481 e. The Balaban J connectivity index is 2.13. The number of morpholine rings is 1. The third-order valence-corrected chi connectivity index (χ3v) is 3.78. The van der Waals surface area contributed by atoms with E-state index in [2.05, 4.69) is 15.9 Å². The second-order valence-corrected chi connectivity index (χ2v) is 5.42. The number of carbonyl (C=O) groups is 2. The van der Waals surface area contributed by atoms with Gasteiger partial charge < -0.3 is 20.5 Å². The molecule has 1 saturated heterocycles. The highest BCUT2D eigenvalue weighted by Gasteiger charge is 2.23. The summed E-state index contributed by atoms with van der Waals surface area (Å²) in [5, 5.41) is 8.81. The standard InChI is InChI=1S/C13H15BrN2O4/c14-11-5-8(1-2-10(11)13(15)19)16-3-4-20-9(7-16)6-12(17)18/h1-2,5,9H,3-4,6-7H2,(H2,15,19)(H,17,18). The lowest BCUT2D eigenvalue weighted by Crippen LogP contribution is -2.43. The van der Waals surface area contributed by atoms with E-state index >= 15 is 0 Å². The van der Waals surface area contributed by atoms with Gasteiger partial charge in [0.05, 0.1) is 24.7 Å². The first-order valence-corrected chi connectivity index (χ1v) is 6.94. The normalized spacial score (nSPS) is 18.9. The van der Waals surface area contributed by atoms with Crippen LogP contribution >= 0.6 is 15.9 Å². The molecule has 2 rings (SSSR count). The molecular weight excluding hydrogens is 328 g/mol. The van der Waals surface area contributed by atoms with Gasteiger partial charge in [0.15, 0.2) is 0 Å². The van der Waals surface area contributed by atoms with E-state index in [-0.39, 0.29) is 12.5 Å². The number of carboxylic acid groups (broad SMARTS) is 1. The molecule has 0 saturated carbocycles. The molecule has 1 aromatic rings. The van der Waals surface area contributed by atoms with Crippen LogP contribution in [0.1, 0.15) is 16.8 Å². The van der Waals surface area contributed by atoms with Crippen LogP contribution in [-0.2, 0) is 9.53 Å². The molecule has 6 nitrogen and oxygen atoms in total. The van der Waals surface area contributed by atoms with Crippen molar-refractivity contribution in [1.82, 2.24) is 0 Å². The Kier molecular flexibility index (Phi) is 4.61. The first kappa shape index (κ1) is 14.8. The van der Waals surface area contributed by atoms with Gasteiger partial charge in [0.25, 0.3) is 0 Å². The Morgan fingerprint density at radius 1 is 1.50 bits per heavy atom. The number of hydrogen-bond acceptors (Lipinski definition) is 4. The van der Waals surface area contributed by atoms with E-state index < -0.39 is 11.9 Å². The third kappa shape index (κ3) is 3.49. The van der Waals surface area contributed by atoms with Crippen molar-refractivity contribution < 1.29 is 19.4 Å². The Bertz CT molecular complexity index is 535. The van der Waals surface area contributed by atoms with Gasteiger partial charge in [0.1, 0.15) is 0 Å². The Morgan fingerprint density at radius 3 is 2.85 bits per heavy atom. The molecule has 1 aromatic carbocycles. The first-order valence-electron chi connectivity index (χ1n) is 6.15. The molecule has 1 heterocycles. The average Bonchev–Trinajstić information content (AvgIpc) is 2.37. The third-order valence-electron chi connectivity index (χ3n) is 3.12. The van der Waals surface area contributed by atoms with Gasteiger partial charge in [0.2, 0.25) is 5.91 Å². The molecule has 1 aliphatic rings. The summed E-state index contributed by atoms with van der Waals surface area (Å²) in [6.07, 6.45) is -0.340. The summed E-state index contributed by atoms with van der Waals surface area (Å²) >= 11 is 3.32. The predicted octanol–water partition coefficient (Wildman–Crippen LogP) is 1.23. The van der Waals surface area contributed by atoms with Crippen LogP contribution in [-0.4, -0.2) is 42.8 Å². The SMILES string of the molecule is NC(=O)c1ccc(N2CCOC(CC(=O)O)C2)cc1Br. The predicted molar refractivity (Wildman–Crippen MR) is 76.9 cm³/mol. The molecule has 1 aliphatic heterocycles. The maximum Gasteiger partial charge on any atom is 0.306 e. The zero-order chi connectivity index (χ0) is 14.7. The Labute approximate surface area is 124 Å². The molecule has 1 amide bonds. The first-order chi connectivity index (χ1) is 9.47. The van der Waals surface area contributed by atoms with E-state index in [0.29, 0.717) is 29.7 Å². The monoisotopic (exact) mass is 342 g/mol. The van der Waals surface area contributed by atoms with E-state index in [1.54, 1.807) is 12.1 Å². The van der Waals surface area contributed by atoms with Crippen LogP contribution in [0.5, 0.6) is 0 Å². The Morgan fingerprint density at radius 2 is 2.25 bits per heavy atom. The molecule has 3 N–H and O–H groups in total. The number of benzene rings is 1. The number of nitrogens with zero attached hydrogens (tertiary/aromatic N) is 1. The number of nitrogens with two attached hydrogens (primary N) is 1. The van der Waals surface area contributed by atoms with Crippen molar-refractivity contribution in [3.05, 3.63) is 28.2 Å². The lowest BCUT2D eigenvalue weighted by atomic mass is 10.1. The minimum absolute atomic E-state index is 0.0168. The van der Waals surface area contributed by atoms with E-state index in [4.69, 9.17) is 15.6 Å². The number of hydrogen-bond donors (Lipinski definition) is 2. The summed E-state index contributed by atoms with van der Waals surface area (Å²) in [5.41, 5.74) is 6.58. The zero-order valence-electron chi connectivity index (χ0n) is 10.7. The summed E-state index contributed by atoms with van der Waals surface area (Å²) < 4.78 is 6.05. The fourth-order valence-corrected chi connectivity index (χ4v) is 2.73. The number of amides is 1. The van der Waals surface area contributed by atoms with Crippen LogP contribution in [0.4, 0.5) is 5.69 Å². The van der Waals surface area contributed by atoms with Crippen LogP contribution in [0.2, 0.25) is 0 Å². The Hall–Kier alpha value is -1.60. The lowest BCUT2D eigenvalue weighted by Gasteiger charge is -2.34. The molecule has 0 aliphatic carbocycles. The van der Waals surface area contributed by atoms with Gasteiger partial charge in [-0.2, -0.15) is 0 Å². The van der Waals surface area contributed by atoms with Crippen LogP contribution in [0, 0.1) is 0 Å². The number of carbonyl (C=O) groups excluding carboxylic acids is 1. The summed E-state index contributed by atoms with van der Waals surface area (Å²) in [7, 11) is 0. The molecule has 1 fully saturated rings. The van der Waals surface area contributed by atoms with Gasteiger partial charge in [-0.15, -0.1) is 0 Å².